The van der Waals surface area contributed by atoms with Crippen molar-refractivity contribution >= 4 is 171 Å². The molecular weight excluding hydrogens is 1490 g/mol. The van der Waals surface area contributed by atoms with Gasteiger partial charge >= 0.3 is 332 Å². The summed E-state index contributed by atoms with van der Waals surface area (Å²) in [5.74, 6) is 0. The first-order chi connectivity index (χ1) is 12.2. The molecule has 0 aliphatic carbocycles. The van der Waals surface area contributed by atoms with Crippen LogP contribution in [-0.2, 0) is 28.4 Å². The Kier molecular flexibility index (Phi) is 93.3. The fourth-order valence-electron chi connectivity index (χ4n) is 0. The zero-order valence-electron chi connectivity index (χ0n) is 14.4. The van der Waals surface area contributed by atoms with Crippen LogP contribution >= 0.6 is 0 Å². The van der Waals surface area contributed by atoms with Crippen molar-refractivity contribution in [1.29, 1.82) is 0 Å². The Morgan fingerprint density at radius 3 is 0.312 bits per heavy atom. The molecule has 0 radical (unpaired) electrons. The fraction of sp³-hybridized carbons (Fsp3) is 0. The van der Waals surface area contributed by atoms with Crippen molar-refractivity contribution in [2.24, 2.45) is 0 Å². The van der Waals surface area contributed by atoms with E-state index in [1.54, 1.807) is 0 Å². The Balaban J connectivity index is -0.0000000220. The molecule has 0 aliphatic heterocycles. The van der Waals surface area contributed by atoms with Crippen molar-refractivity contribution in [3.05, 3.63) is 0 Å². The van der Waals surface area contributed by atoms with Crippen LogP contribution in [0.2, 0.25) is 0 Å². The van der Waals surface area contributed by atoms with Gasteiger partial charge in [0.25, 0.3) is 0 Å². The van der Waals surface area contributed by atoms with E-state index in [4.69, 9.17) is 77.5 Å². The zero-order chi connectivity index (χ0) is 26.1. The summed E-state index contributed by atoms with van der Waals surface area (Å²) in [5.41, 5.74) is 0. The van der Waals surface area contributed by atoms with Gasteiger partial charge in [-0.2, -0.15) is 0 Å². The first-order valence-corrected chi connectivity index (χ1v) is 26.6. The molecule has 32 heteroatoms. The van der Waals surface area contributed by atoms with Crippen molar-refractivity contribution in [2.75, 3.05) is 0 Å². The van der Waals surface area contributed by atoms with Gasteiger partial charge in [-0.05, 0) is 0 Å². The molecule has 0 saturated carbocycles. The number of rotatable bonds is 0. The van der Waals surface area contributed by atoms with Crippen LogP contribution in [0.3, 0.4) is 0 Å². The van der Waals surface area contributed by atoms with Gasteiger partial charge in [0.05, 0.1) is 0 Å². The SMILES string of the molecule is O=[As]([O-])([O-])[O-].O=[As]([O-])([O-])[O-].O=[As]([O-])([O-])[O-].O=[As]([O-])([O-])[O-].[Ca+2].[Ca+2].[Ca+2].[O]=[U+2]=[O].[O]=[U+2]=[O].[O]=[U+2]=[O]. The molecule has 0 spiro atoms. The maximum absolute atomic E-state index is 8.61. The molecule has 0 saturated heterocycles. The van der Waals surface area contributed by atoms with E-state index < -0.39 is 142 Å². The second kappa shape index (κ2) is 44.7. The van der Waals surface area contributed by atoms with Crippen LogP contribution in [0.5, 0.6) is 0 Å². The van der Waals surface area contributed by atoms with Crippen molar-refractivity contribution in [3.63, 3.8) is 0 Å². The molecule has 0 N–H and O–H groups in total. The van der Waals surface area contributed by atoms with E-state index in [-0.39, 0.29) is 113 Å². The van der Waals surface area contributed by atoms with Crippen LogP contribution in [0, 0.1) is 83.5 Å². The molecule has 0 amide bonds. The molecule has 0 aromatic heterocycles. The molecule has 0 fully saturated rings. The summed E-state index contributed by atoms with van der Waals surface area (Å²) in [6, 6.07) is 0. The van der Waals surface area contributed by atoms with Gasteiger partial charge in [0.15, 0.2) is 0 Å². The molecular formula is As4Ca3O22U3. The first-order valence-electron chi connectivity index (χ1n) is 4.15. The zero-order valence-corrected chi connectivity index (χ0v) is 41.0. The van der Waals surface area contributed by atoms with Gasteiger partial charge in [-0.15, -0.1) is 0 Å². The standard InChI is InChI=1S/4AsH3O4.3Ca.6O.3U/c4*2-1(3,4)5;;;;;;;;;;;;/h4*(H3,2,3,4,5);;;;;;;;;;;;/q;;;;3*+2;;;;;;;3*+2/p-12. The van der Waals surface area contributed by atoms with E-state index in [1.165, 1.54) is 0 Å². The average Bonchev–Trinajstić information content (AvgIpc) is 2.20. The minimum absolute atomic E-state index is 0. The summed E-state index contributed by atoms with van der Waals surface area (Å²) in [7, 11) is 0. The third-order valence-corrected chi connectivity index (χ3v) is 0. The summed E-state index contributed by atoms with van der Waals surface area (Å²) in [6.45, 7) is 0. The van der Waals surface area contributed by atoms with Crippen molar-refractivity contribution in [3.8, 4) is 0 Å². The van der Waals surface area contributed by atoms with Crippen LogP contribution in [0.15, 0.2) is 0 Å². The molecule has 0 aliphatic rings. The van der Waals surface area contributed by atoms with Crippen LogP contribution in [0.25, 0.3) is 0 Å². The third kappa shape index (κ3) is 1040. The van der Waals surface area contributed by atoms with E-state index >= 15 is 0 Å². The van der Waals surface area contributed by atoms with E-state index in [0.29, 0.717) is 0 Å². The molecule has 0 aromatic rings. The van der Waals surface area contributed by atoms with Gasteiger partial charge in [0.2, 0.25) is 0 Å². The molecule has 0 bridgehead atoms. The second-order valence-electron chi connectivity index (χ2n) is 2.04. The van der Waals surface area contributed by atoms with Gasteiger partial charge in [0.1, 0.15) is 0 Å². The van der Waals surface area contributed by atoms with E-state index in [0.717, 1.165) is 0 Å². The van der Waals surface area contributed by atoms with Gasteiger partial charge in [-0.1, -0.05) is 0 Å². The van der Waals surface area contributed by atoms with Gasteiger partial charge in [-0.3, -0.25) is 0 Å². The van der Waals surface area contributed by atoms with Crippen LogP contribution in [-0.4, -0.2) is 171 Å². The van der Waals surface area contributed by atoms with Crippen molar-refractivity contribution in [1.82, 2.24) is 0 Å². The number of hydrogen-bond donors (Lipinski definition) is 0. The predicted molar refractivity (Wildman–Crippen MR) is 47.1 cm³/mol. The molecule has 0 atom stereocenters. The summed E-state index contributed by atoms with van der Waals surface area (Å²) < 4.78 is 189. The van der Waals surface area contributed by atoms with E-state index in [1.807, 2.05) is 0 Å². The maximum atomic E-state index is 8.61. The quantitative estimate of drug-likeness (QED) is 0.203. The van der Waals surface area contributed by atoms with E-state index in [9.17, 15) is 0 Å². The normalized spacial score (nSPS) is 8.12. The Morgan fingerprint density at radius 1 is 0.312 bits per heavy atom. The Hall–Kier alpha value is 6.69. The minimum atomic E-state index is -5.88. The second-order valence-corrected chi connectivity index (χ2v) is 11.6. The summed E-state index contributed by atoms with van der Waals surface area (Å²) in [6.07, 6.45) is 0. The Morgan fingerprint density at radius 2 is 0.312 bits per heavy atom. The average molecular weight is 1490 g/mol. The van der Waals surface area contributed by atoms with Crippen LogP contribution in [0.4, 0.5) is 0 Å². The monoisotopic (exact) mass is 1490 g/mol. The summed E-state index contributed by atoms with van der Waals surface area (Å²) in [5, 5.41) is 0. The fourth-order valence-corrected chi connectivity index (χ4v) is 0. The molecule has 170 valence electrons. The Bertz CT molecular complexity index is 504. The Labute approximate surface area is 323 Å². The van der Waals surface area contributed by atoms with E-state index in [2.05, 4.69) is 0 Å². The molecule has 0 rings (SSSR count). The van der Waals surface area contributed by atoms with Crippen LogP contribution < -0.4 is 49.1 Å². The van der Waals surface area contributed by atoms with Gasteiger partial charge in [0, 0.05) is 0 Å². The van der Waals surface area contributed by atoms with Crippen molar-refractivity contribution in [2.45, 2.75) is 0 Å². The third-order valence-electron chi connectivity index (χ3n) is 0. The first kappa shape index (κ1) is 66.8. The van der Waals surface area contributed by atoms with Gasteiger partial charge in [-0.25, -0.2) is 0 Å². The summed E-state index contributed by atoms with van der Waals surface area (Å²) in [4.78, 5) is 0. The topological polar surface area (TPSA) is 447 Å². The molecule has 32 heavy (non-hydrogen) atoms. The molecule has 0 aromatic carbocycles. The molecule has 0 heterocycles. The molecule has 22 nitrogen and oxygen atoms in total. The predicted octanol–water partition coefficient (Wildman–Crippen LogP) is -18.1. The summed E-state index contributed by atoms with van der Waals surface area (Å²) >= 11 is -31.0. The molecule has 0 unspecified atom stereocenters. The van der Waals surface area contributed by atoms with Gasteiger partial charge < -0.3 is 0 Å². The number of hydrogen-bond acceptors (Lipinski definition) is 22. The van der Waals surface area contributed by atoms with Crippen molar-refractivity contribution < 1.29 is 161 Å². The van der Waals surface area contributed by atoms with Crippen LogP contribution in [0.1, 0.15) is 0 Å².